The molecule has 0 aliphatic rings. The van der Waals surface area contributed by atoms with E-state index in [1.807, 2.05) is 36.5 Å². The van der Waals surface area contributed by atoms with E-state index < -0.39 is 17.7 Å². The second-order valence-corrected chi connectivity index (χ2v) is 11.5. The van der Waals surface area contributed by atoms with Crippen molar-refractivity contribution in [3.05, 3.63) is 78.0 Å². The van der Waals surface area contributed by atoms with E-state index in [-0.39, 0.29) is 30.4 Å². The fraction of sp³-hybridized carbons (Fsp3) is 0.273. The first-order chi connectivity index (χ1) is 22.2. The number of methoxy groups -OCH3 is 1. The van der Waals surface area contributed by atoms with Gasteiger partial charge in [0.25, 0.3) is 0 Å². The van der Waals surface area contributed by atoms with Crippen LogP contribution in [0.4, 0.5) is 8.78 Å². The number of rotatable bonds is 14. The van der Waals surface area contributed by atoms with Crippen molar-refractivity contribution >= 4 is 27.3 Å². The van der Waals surface area contributed by atoms with Gasteiger partial charge in [-0.1, -0.05) is 6.58 Å². The van der Waals surface area contributed by atoms with Gasteiger partial charge in [0.15, 0.2) is 0 Å². The van der Waals surface area contributed by atoms with Crippen LogP contribution in [-0.4, -0.2) is 78.5 Å². The molecule has 0 radical (unpaired) electrons. The Hall–Kier alpha value is -4.72. The van der Waals surface area contributed by atoms with E-state index in [9.17, 15) is 9.18 Å². The fourth-order valence-corrected chi connectivity index (χ4v) is 5.75. The van der Waals surface area contributed by atoms with Crippen molar-refractivity contribution in [3.8, 4) is 45.4 Å². The zero-order valence-corrected chi connectivity index (χ0v) is 26.7. The minimum Gasteiger partial charge on any atom is -0.490 e. The van der Waals surface area contributed by atoms with Crippen LogP contribution in [0.5, 0.6) is 11.6 Å². The van der Waals surface area contributed by atoms with Crippen LogP contribution in [0, 0.1) is 11.6 Å². The molecule has 46 heavy (non-hydrogen) atoms. The molecule has 1 atom stereocenters. The zero-order valence-electron chi connectivity index (χ0n) is 25.9. The molecule has 1 amide bonds. The molecule has 0 saturated carbocycles. The molecule has 10 nitrogen and oxygen atoms in total. The van der Waals surface area contributed by atoms with Crippen molar-refractivity contribution in [1.29, 1.82) is 0 Å². The summed E-state index contributed by atoms with van der Waals surface area (Å²) >= 11 is 1.38. The number of halogens is 2. The third kappa shape index (κ3) is 7.22. The standard InChI is InChI=1S/C33H34F2N6O4S/c1-6-27(42)37-19(2)24-18-25(40-39-24)32-30(29-23(35)16-21(34)17-26(29)44-13-12-43-5)33-22(8-14-46-33)31(38-32)20-7-9-36-28(15-20)45-11-10-41(3)4/h6-9,14-19H,1,10-13H2,2-5H3,(H,37,42)(H,39,40). The molecule has 4 heterocycles. The Labute approximate surface area is 269 Å². The molecule has 1 unspecified atom stereocenters. The van der Waals surface area contributed by atoms with Gasteiger partial charge >= 0.3 is 0 Å². The van der Waals surface area contributed by atoms with Crippen molar-refractivity contribution in [1.82, 2.24) is 30.4 Å². The van der Waals surface area contributed by atoms with Crippen LogP contribution < -0.4 is 14.8 Å². The number of ether oxygens (including phenoxy) is 3. The summed E-state index contributed by atoms with van der Waals surface area (Å²) in [5.41, 5.74) is 3.03. The molecule has 240 valence electrons. The van der Waals surface area contributed by atoms with Crippen LogP contribution in [0.1, 0.15) is 18.7 Å². The van der Waals surface area contributed by atoms with Crippen molar-refractivity contribution in [2.75, 3.05) is 47.6 Å². The molecular weight excluding hydrogens is 614 g/mol. The van der Waals surface area contributed by atoms with Crippen LogP contribution in [0.2, 0.25) is 0 Å². The van der Waals surface area contributed by atoms with E-state index in [0.717, 1.165) is 23.1 Å². The van der Waals surface area contributed by atoms with Crippen LogP contribution in [0.15, 0.2) is 60.6 Å². The Morgan fingerprint density at radius 2 is 1.93 bits per heavy atom. The largest absolute Gasteiger partial charge is 0.490 e. The summed E-state index contributed by atoms with van der Waals surface area (Å²) in [7, 11) is 5.43. The third-order valence-electron chi connectivity index (χ3n) is 7.07. The Morgan fingerprint density at radius 1 is 1.11 bits per heavy atom. The summed E-state index contributed by atoms with van der Waals surface area (Å²) in [5.74, 6) is -1.52. The number of fused-ring (bicyclic) bond motifs is 1. The number of benzene rings is 1. The fourth-order valence-electron chi connectivity index (χ4n) is 4.80. The predicted molar refractivity (Wildman–Crippen MR) is 174 cm³/mol. The lowest BCUT2D eigenvalue weighted by atomic mass is 9.96. The van der Waals surface area contributed by atoms with Gasteiger partial charge in [-0.25, -0.2) is 18.7 Å². The number of likely N-dealkylation sites (N-methyl/N-ethyl adjacent to an activating group) is 1. The number of carbonyl (C=O) groups is 1. The van der Waals surface area contributed by atoms with Gasteiger partial charge in [0.1, 0.15) is 42.0 Å². The molecule has 4 aromatic heterocycles. The number of aromatic amines is 1. The van der Waals surface area contributed by atoms with Crippen molar-refractivity contribution in [2.45, 2.75) is 13.0 Å². The third-order valence-corrected chi connectivity index (χ3v) is 8.00. The van der Waals surface area contributed by atoms with Crippen LogP contribution in [0.25, 0.3) is 43.9 Å². The minimum atomic E-state index is -0.819. The maximum Gasteiger partial charge on any atom is 0.243 e. The van der Waals surface area contributed by atoms with Gasteiger partial charge in [0, 0.05) is 59.3 Å². The Morgan fingerprint density at radius 3 is 2.70 bits per heavy atom. The predicted octanol–water partition coefficient (Wildman–Crippen LogP) is 6.02. The Bertz CT molecular complexity index is 1860. The number of nitrogens with one attached hydrogen (secondary N) is 2. The van der Waals surface area contributed by atoms with E-state index in [1.165, 1.54) is 24.5 Å². The molecule has 0 spiro atoms. The van der Waals surface area contributed by atoms with Crippen molar-refractivity contribution in [2.24, 2.45) is 0 Å². The number of hydrogen-bond donors (Lipinski definition) is 2. The number of H-pyrrole nitrogens is 1. The summed E-state index contributed by atoms with van der Waals surface area (Å²) in [4.78, 5) is 23.4. The number of nitrogens with zero attached hydrogens (tertiary/aromatic N) is 4. The second kappa shape index (κ2) is 14.6. The van der Waals surface area contributed by atoms with Gasteiger partial charge < -0.3 is 24.4 Å². The molecule has 0 aliphatic carbocycles. The maximum atomic E-state index is 15.9. The minimum absolute atomic E-state index is 0.00270. The number of thiophene rings is 1. The molecular formula is C33H34F2N6O4S. The molecule has 0 bridgehead atoms. The second-order valence-electron chi connectivity index (χ2n) is 10.6. The first kappa shape index (κ1) is 32.7. The van der Waals surface area contributed by atoms with Crippen LogP contribution >= 0.6 is 11.3 Å². The molecule has 5 aromatic rings. The highest BCUT2D eigenvalue weighted by Crippen LogP contribution is 2.47. The first-order valence-corrected chi connectivity index (χ1v) is 15.3. The lowest BCUT2D eigenvalue weighted by Crippen LogP contribution is -2.24. The van der Waals surface area contributed by atoms with Crippen molar-refractivity contribution < 1.29 is 27.8 Å². The van der Waals surface area contributed by atoms with E-state index in [0.29, 0.717) is 52.1 Å². The van der Waals surface area contributed by atoms with Crippen LogP contribution in [-0.2, 0) is 9.53 Å². The van der Waals surface area contributed by atoms with Gasteiger partial charge in [-0.2, -0.15) is 5.10 Å². The maximum absolute atomic E-state index is 15.9. The summed E-state index contributed by atoms with van der Waals surface area (Å²) in [6.45, 7) is 6.74. The van der Waals surface area contributed by atoms with Gasteiger partial charge in [-0.05, 0) is 50.7 Å². The quantitative estimate of drug-likeness (QED) is 0.111. The summed E-state index contributed by atoms with van der Waals surface area (Å²) in [6, 6.07) is 8.78. The number of aromatic nitrogens is 4. The summed E-state index contributed by atoms with van der Waals surface area (Å²) < 4.78 is 48.0. The number of hydrogen-bond acceptors (Lipinski definition) is 9. The van der Waals surface area contributed by atoms with E-state index >= 15 is 4.39 Å². The van der Waals surface area contributed by atoms with E-state index in [1.54, 1.807) is 25.3 Å². The van der Waals surface area contributed by atoms with E-state index in [2.05, 4.69) is 27.1 Å². The molecule has 13 heteroatoms. The normalized spacial score (nSPS) is 12.0. The van der Waals surface area contributed by atoms with E-state index in [4.69, 9.17) is 19.2 Å². The van der Waals surface area contributed by atoms with Gasteiger partial charge in [0.05, 0.1) is 29.6 Å². The number of amides is 1. The number of carbonyl (C=O) groups excluding carboxylic acids is 1. The average Bonchev–Trinajstić information content (AvgIpc) is 3.72. The number of pyridine rings is 2. The molecule has 1 aromatic carbocycles. The summed E-state index contributed by atoms with van der Waals surface area (Å²) in [5, 5.41) is 12.9. The molecule has 5 rings (SSSR count). The Balaban J connectivity index is 1.73. The topological polar surface area (TPSA) is 114 Å². The first-order valence-electron chi connectivity index (χ1n) is 14.4. The van der Waals surface area contributed by atoms with Gasteiger partial charge in [-0.3, -0.25) is 9.89 Å². The SMILES string of the molecule is C=CC(=O)NC(C)c1cc(-c2nc(-c3ccnc(OCCN(C)C)c3)c3ccsc3c2-c2c(F)cc(F)cc2OCCOC)n[nH]1. The zero-order chi connectivity index (χ0) is 32.8. The molecule has 0 aliphatic heterocycles. The van der Waals surface area contributed by atoms with Crippen molar-refractivity contribution in [3.63, 3.8) is 0 Å². The summed E-state index contributed by atoms with van der Waals surface area (Å²) in [6.07, 6.45) is 2.83. The highest BCUT2D eigenvalue weighted by Gasteiger charge is 2.27. The molecule has 0 fully saturated rings. The average molecular weight is 649 g/mol. The van der Waals surface area contributed by atoms with Gasteiger partial charge in [-0.15, -0.1) is 11.3 Å². The highest BCUT2D eigenvalue weighted by atomic mass is 32.1. The molecule has 0 saturated heterocycles. The smallest absolute Gasteiger partial charge is 0.243 e. The monoisotopic (exact) mass is 648 g/mol. The van der Waals surface area contributed by atoms with Gasteiger partial charge in [0.2, 0.25) is 11.8 Å². The van der Waals surface area contributed by atoms with Crippen LogP contribution in [0.3, 0.4) is 0 Å². The lowest BCUT2D eigenvalue weighted by molar-refractivity contribution is -0.117. The molecule has 2 N–H and O–H groups in total. The highest BCUT2D eigenvalue weighted by molar-refractivity contribution is 7.18. The Kier molecular flexibility index (Phi) is 10.4. The lowest BCUT2D eigenvalue weighted by Gasteiger charge is -2.17.